The fraction of sp³-hybridized carbons (Fsp3) is 0.941. The first kappa shape index (κ1) is 16.1. The first-order valence-corrected chi connectivity index (χ1v) is 8.90. The van der Waals surface area contributed by atoms with E-state index in [9.17, 15) is 4.79 Å². The molecule has 3 fully saturated rings. The lowest BCUT2D eigenvalue weighted by Crippen LogP contribution is -2.53. The molecule has 0 bridgehead atoms. The van der Waals surface area contributed by atoms with Crippen LogP contribution in [0.4, 0.5) is 4.79 Å². The van der Waals surface area contributed by atoms with E-state index in [0.29, 0.717) is 19.3 Å². The molecule has 1 aliphatic carbocycles. The Balaban J connectivity index is 1.52. The summed E-state index contributed by atoms with van der Waals surface area (Å²) in [5, 5.41) is 3.24. The van der Waals surface area contributed by atoms with E-state index in [2.05, 4.69) is 12.2 Å². The number of hydrogen-bond acceptors (Lipinski definition) is 3. The van der Waals surface area contributed by atoms with Crippen molar-refractivity contribution in [1.82, 2.24) is 10.2 Å². The van der Waals surface area contributed by atoms with E-state index < -0.39 is 5.79 Å². The molecule has 5 nitrogen and oxygen atoms in total. The lowest BCUT2D eigenvalue weighted by molar-refractivity contribution is -0.189. The van der Waals surface area contributed by atoms with E-state index in [4.69, 9.17) is 9.47 Å². The summed E-state index contributed by atoms with van der Waals surface area (Å²) >= 11 is 0. The molecule has 0 radical (unpaired) electrons. The quantitative estimate of drug-likeness (QED) is 0.853. The fourth-order valence-corrected chi connectivity index (χ4v) is 4.03. The number of likely N-dealkylation sites (tertiary alicyclic amines) is 1. The third kappa shape index (κ3) is 3.57. The molecule has 126 valence electrons. The minimum absolute atomic E-state index is 0.103. The van der Waals surface area contributed by atoms with Crippen LogP contribution >= 0.6 is 0 Å². The molecule has 1 unspecified atom stereocenters. The van der Waals surface area contributed by atoms with Crippen LogP contribution in [-0.4, -0.2) is 49.1 Å². The molecule has 5 heteroatoms. The van der Waals surface area contributed by atoms with Crippen LogP contribution in [-0.2, 0) is 9.47 Å². The standard InChI is InChI=1S/C17H30N2O3/c1-13-5-7-15(8-6-13)18-16(20)19-9-3-4-14(12-19)17(2)21-10-11-22-17/h13-15H,3-12H2,1-2H3,(H,18,20). The highest BCUT2D eigenvalue weighted by Gasteiger charge is 2.42. The summed E-state index contributed by atoms with van der Waals surface area (Å²) in [6.07, 6.45) is 6.80. The molecule has 22 heavy (non-hydrogen) atoms. The number of carbonyl (C=O) groups is 1. The van der Waals surface area contributed by atoms with Crippen LogP contribution in [0.5, 0.6) is 0 Å². The van der Waals surface area contributed by atoms with Gasteiger partial charge in [0.15, 0.2) is 5.79 Å². The van der Waals surface area contributed by atoms with E-state index in [0.717, 1.165) is 44.7 Å². The number of ether oxygens (including phenoxy) is 2. The van der Waals surface area contributed by atoms with Crippen molar-refractivity contribution in [2.24, 2.45) is 11.8 Å². The molecule has 3 rings (SSSR count). The maximum atomic E-state index is 12.5. The Labute approximate surface area is 133 Å². The van der Waals surface area contributed by atoms with Gasteiger partial charge in [-0.3, -0.25) is 0 Å². The third-order valence-electron chi connectivity index (χ3n) is 5.65. The number of amides is 2. The minimum atomic E-state index is -0.501. The SMILES string of the molecule is CC1CCC(NC(=O)N2CCCC(C3(C)OCCO3)C2)CC1. The predicted molar refractivity (Wildman–Crippen MR) is 84.6 cm³/mol. The van der Waals surface area contributed by atoms with Gasteiger partial charge in [0.05, 0.1) is 13.2 Å². The van der Waals surface area contributed by atoms with Crippen LogP contribution < -0.4 is 5.32 Å². The summed E-state index contributed by atoms with van der Waals surface area (Å²) in [5.74, 6) is 0.587. The average molecular weight is 310 g/mol. The van der Waals surface area contributed by atoms with E-state index in [1.807, 2.05) is 11.8 Å². The van der Waals surface area contributed by atoms with Gasteiger partial charge < -0.3 is 19.7 Å². The van der Waals surface area contributed by atoms with E-state index in [1.54, 1.807) is 0 Å². The second kappa shape index (κ2) is 6.75. The summed E-state index contributed by atoms with van der Waals surface area (Å²) in [5.41, 5.74) is 0. The van der Waals surface area contributed by atoms with Crippen LogP contribution in [0.1, 0.15) is 52.4 Å². The molecule has 2 amide bonds. The van der Waals surface area contributed by atoms with Crippen molar-refractivity contribution in [3.8, 4) is 0 Å². The highest BCUT2D eigenvalue weighted by atomic mass is 16.7. The molecule has 2 saturated heterocycles. The summed E-state index contributed by atoms with van der Waals surface area (Å²) < 4.78 is 11.6. The van der Waals surface area contributed by atoms with Gasteiger partial charge in [0.2, 0.25) is 0 Å². The largest absolute Gasteiger partial charge is 0.347 e. The first-order valence-electron chi connectivity index (χ1n) is 8.90. The van der Waals surface area contributed by atoms with Crippen molar-refractivity contribution < 1.29 is 14.3 Å². The van der Waals surface area contributed by atoms with Gasteiger partial charge in [-0.15, -0.1) is 0 Å². The van der Waals surface area contributed by atoms with Crippen LogP contribution in [0.2, 0.25) is 0 Å². The van der Waals surface area contributed by atoms with Crippen molar-refractivity contribution in [1.29, 1.82) is 0 Å². The Morgan fingerprint density at radius 1 is 1.14 bits per heavy atom. The van der Waals surface area contributed by atoms with Gasteiger partial charge in [-0.25, -0.2) is 4.79 Å². The normalized spacial score (nSPS) is 35.4. The number of nitrogens with zero attached hydrogens (tertiary/aromatic N) is 1. The molecule has 3 aliphatic rings. The van der Waals surface area contributed by atoms with Crippen LogP contribution in [0, 0.1) is 11.8 Å². The molecule has 0 spiro atoms. The van der Waals surface area contributed by atoms with Crippen molar-refractivity contribution >= 4 is 6.03 Å². The molecule has 2 heterocycles. The topological polar surface area (TPSA) is 50.8 Å². The van der Waals surface area contributed by atoms with Crippen LogP contribution in [0.25, 0.3) is 0 Å². The number of nitrogens with one attached hydrogen (secondary N) is 1. The van der Waals surface area contributed by atoms with Gasteiger partial charge in [-0.1, -0.05) is 6.92 Å². The molecule has 1 N–H and O–H groups in total. The van der Waals surface area contributed by atoms with E-state index >= 15 is 0 Å². The number of piperidine rings is 1. The molecular weight excluding hydrogens is 280 g/mol. The zero-order chi connectivity index (χ0) is 15.6. The summed E-state index contributed by atoms with van der Waals surface area (Å²) in [6.45, 7) is 7.25. The Bertz CT molecular complexity index is 387. The fourth-order valence-electron chi connectivity index (χ4n) is 4.03. The van der Waals surface area contributed by atoms with Gasteiger partial charge in [0.25, 0.3) is 0 Å². The Morgan fingerprint density at radius 2 is 1.82 bits per heavy atom. The number of urea groups is 1. The maximum Gasteiger partial charge on any atom is 0.317 e. The Kier molecular flexibility index (Phi) is 4.93. The molecule has 0 aromatic carbocycles. The lowest BCUT2D eigenvalue weighted by Gasteiger charge is -2.40. The zero-order valence-corrected chi connectivity index (χ0v) is 14.0. The third-order valence-corrected chi connectivity index (χ3v) is 5.65. The zero-order valence-electron chi connectivity index (χ0n) is 14.0. The molecule has 1 atom stereocenters. The summed E-state index contributed by atoms with van der Waals surface area (Å²) in [4.78, 5) is 14.5. The van der Waals surface area contributed by atoms with Gasteiger partial charge >= 0.3 is 6.03 Å². The minimum Gasteiger partial charge on any atom is -0.347 e. The van der Waals surface area contributed by atoms with Crippen LogP contribution in [0.15, 0.2) is 0 Å². The van der Waals surface area contributed by atoms with Gasteiger partial charge in [-0.2, -0.15) is 0 Å². The average Bonchev–Trinajstić information content (AvgIpc) is 2.98. The van der Waals surface area contributed by atoms with E-state index in [1.165, 1.54) is 12.8 Å². The Hall–Kier alpha value is -0.810. The van der Waals surface area contributed by atoms with E-state index in [-0.39, 0.29) is 11.9 Å². The van der Waals surface area contributed by atoms with Crippen molar-refractivity contribution in [3.63, 3.8) is 0 Å². The Morgan fingerprint density at radius 3 is 2.50 bits per heavy atom. The molecule has 0 aromatic heterocycles. The molecular formula is C17H30N2O3. The lowest BCUT2D eigenvalue weighted by atomic mass is 9.87. The summed E-state index contributed by atoms with van der Waals surface area (Å²) in [6, 6.07) is 0.462. The smallest absolute Gasteiger partial charge is 0.317 e. The van der Waals surface area contributed by atoms with Crippen molar-refractivity contribution in [3.05, 3.63) is 0 Å². The second-order valence-electron chi connectivity index (χ2n) is 7.40. The molecule has 2 aliphatic heterocycles. The predicted octanol–water partition coefficient (Wildman–Crippen LogP) is 2.75. The van der Waals surface area contributed by atoms with Crippen LogP contribution in [0.3, 0.4) is 0 Å². The summed E-state index contributed by atoms with van der Waals surface area (Å²) in [7, 11) is 0. The highest BCUT2D eigenvalue weighted by molar-refractivity contribution is 5.74. The number of rotatable bonds is 2. The first-order chi connectivity index (χ1) is 10.6. The van der Waals surface area contributed by atoms with Crippen molar-refractivity contribution in [2.75, 3.05) is 26.3 Å². The number of carbonyl (C=O) groups excluding carboxylic acids is 1. The van der Waals surface area contributed by atoms with Gasteiger partial charge in [0, 0.05) is 25.0 Å². The number of hydrogen-bond donors (Lipinski definition) is 1. The second-order valence-corrected chi connectivity index (χ2v) is 7.40. The maximum absolute atomic E-state index is 12.5. The monoisotopic (exact) mass is 310 g/mol. The van der Waals surface area contributed by atoms with Gasteiger partial charge in [0.1, 0.15) is 0 Å². The van der Waals surface area contributed by atoms with Crippen molar-refractivity contribution in [2.45, 2.75) is 64.2 Å². The highest BCUT2D eigenvalue weighted by Crippen LogP contribution is 2.34. The molecule has 0 aromatic rings. The van der Waals surface area contributed by atoms with Gasteiger partial charge in [-0.05, 0) is 51.4 Å². The molecule has 1 saturated carbocycles.